The van der Waals surface area contributed by atoms with Gasteiger partial charge in [0.1, 0.15) is 17.0 Å². The van der Waals surface area contributed by atoms with Crippen LogP contribution in [0.15, 0.2) is 36.9 Å². The van der Waals surface area contributed by atoms with Gasteiger partial charge in [0.25, 0.3) is 6.43 Å². The van der Waals surface area contributed by atoms with E-state index in [0.717, 1.165) is 23.1 Å². The molecule has 5 rings (SSSR count). The molecule has 138 valence electrons. The average molecular weight is 368 g/mol. The van der Waals surface area contributed by atoms with Gasteiger partial charge in [0.15, 0.2) is 0 Å². The minimum atomic E-state index is -2.58. The van der Waals surface area contributed by atoms with Crippen LogP contribution in [0.5, 0.6) is 0 Å². The van der Waals surface area contributed by atoms with Gasteiger partial charge in [0.2, 0.25) is 5.95 Å². The van der Waals surface area contributed by atoms with Crippen molar-refractivity contribution < 1.29 is 8.78 Å². The number of nitrogens with one attached hydrogen (secondary N) is 2. The van der Waals surface area contributed by atoms with Crippen LogP contribution in [0.1, 0.15) is 31.9 Å². The van der Waals surface area contributed by atoms with E-state index in [0.29, 0.717) is 22.7 Å². The number of H-pyrrole nitrogens is 1. The van der Waals surface area contributed by atoms with Gasteiger partial charge in [-0.2, -0.15) is 4.98 Å². The number of imidazole rings is 1. The van der Waals surface area contributed by atoms with Gasteiger partial charge in [-0.3, -0.25) is 4.40 Å². The second-order valence-electron chi connectivity index (χ2n) is 7.45. The van der Waals surface area contributed by atoms with Crippen LogP contribution in [0.3, 0.4) is 0 Å². The predicted molar refractivity (Wildman–Crippen MR) is 98.9 cm³/mol. The van der Waals surface area contributed by atoms with Crippen molar-refractivity contribution in [3.8, 4) is 11.1 Å². The maximum Gasteiger partial charge on any atom is 0.280 e. The lowest BCUT2D eigenvalue weighted by atomic mass is 10.1. The van der Waals surface area contributed by atoms with Crippen molar-refractivity contribution in [2.75, 3.05) is 11.9 Å². The number of aromatic amines is 1. The van der Waals surface area contributed by atoms with Gasteiger partial charge in [-0.15, -0.1) is 0 Å². The summed E-state index contributed by atoms with van der Waals surface area (Å²) in [6, 6.07) is 3.59. The van der Waals surface area contributed by atoms with Crippen LogP contribution >= 0.6 is 0 Å². The van der Waals surface area contributed by atoms with Crippen LogP contribution in [-0.4, -0.2) is 30.9 Å². The third kappa shape index (κ3) is 2.81. The Hall–Kier alpha value is -3.03. The molecule has 4 aromatic heterocycles. The van der Waals surface area contributed by atoms with Gasteiger partial charge >= 0.3 is 0 Å². The van der Waals surface area contributed by atoms with E-state index in [4.69, 9.17) is 0 Å². The van der Waals surface area contributed by atoms with Crippen molar-refractivity contribution in [2.24, 2.45) is 5.41 Å². The van der Waals surface area contributed by atoms with Crippen molar-refractivity contribution in [1.29, 1.82) is 0 Å². The van der Waals surface area contributed by atoms with E-state index < -0.39 is 6.43 Å². The molecule has 0 unspecified atom stereocenters. The lowest BCUT2D eigenvalue weighted by Crippen LogP contribution is -2.13. The molecule has 0 radical (unpaired) electrons. The fraction of sp³-hybridized carbons (Fsp3) is 0.316. The first kappa shape index (κ1) is 16.2. The van der Waals surface area contributed by atoms with E-state index in [1.165, 1.54) is 23.4 Å². The summed E-state index contributed by atoms with van der Waals surface area (Å²) in [6.07, 6.45) is 6.35. The molecule has 0 spiro atoms. The second kappa shape index (κ2) is 5.73. The molecule has 4 aromatic rings. The maximum absolute atomic E-state index is 13.2. The van der Waals surface area contributed by atoms with Gasteiger partial charge in [-0.05, 0) is 30.4 Å². The number of anilines is 1. The average Bonchev–Trinajstić information content (AvgIpc) is 3.08. The largest absolute Gasteiger partial charge is 0.354 e. The zero-order valence-electron chi connectivity index (χ0n) is 14.7. The molecular formula is C19H18F2N6. The number of hydrogen-bond acceptors (Lipinski definition) is 4. The first-order chi connectivity index (χ1) is 13.0. The highest BCUT2D eigenvalue weighted by Gasteiger charge is 2.36. The van der Waals surface area contributed by atoms with Crippen molar-refractivity contribution >= 4 is 22.6 Å². The molecular weight excluding hydrogens is 350 g/mol. The lowest BCUT2D eigenvalue weighted by molar-refractivity contribution is 0.145. The van der Waals surface area contributed by atoms with Crippen LogP contribution in [0.2, 0.25) is 0 Å². The summed E-state index contributed by atoms with van der Waals surface area (Å²) in [5.41, 5.74) is 3.10. The molecule has 0 saturated heterocycles. The fourth-order valence-electron chi connectivity index (χ4n) is 3.23. The molecule has 1 fully saturated rings. The molecule has 8 heteroatoms. The zero-order chi connectivity index (χ0) is 18.6. The Labute approximate surface area is 153 Å². The number of alkyl halides is 2. The smallest absolute Gasteiger partial charge is 0.280 e. The summed E-state index contributed by atoms with van der Waals surface area (Å²) < 4.78 is 27.8. The summed E-state index contributed by atoms with van der Waals surface area (Å²) in [5, 5.41) is 4.13. The Bertz CT molecular complexity index is 1140. The summed E-state index contributed by atoms with van der Waals surface area (Å²) >= 11 is 0. The summed E-state index contributed by atoms with van der Waals surface area (Å²) in [6.45, 7) is 3.10. The molecule has 6 nitrogen and oxygen atoms in total. The van der Waals surface area contributed by atoms with E-state index in [1.807, 2.05) is 12.3 Å². The number of pyridine rings is 1. The topological polar surface area (TPSA) is 70.9 Å². The highest BCUT2D eigenvalue weighted by molar-refractivity contribution is 5.93. The van der Waals surface area contributed by atoms with Crippen molar-refractivity contribution in [2.45, 2.75) is 26.2 Å². The van der Waals surface area contributed by atoms with E-state index in [1.54, 1.807) is 18.5 Å². The summed E-state index contributed by atoms with van der Waals surface area (Å²) in [4.78, 5) is 16.1. The molecule has 2 N–H and O–H groups in total. The highest BCUT2D eigenvalue weighted by Crippen LogP contribution is 2.44. The van der Waals surface area contributed by atoms with Crippen LogP contribution in [0.25, 0.3) is 27.8 Å². The number of rotatable bonds is 5. The Morgan fingerprint density at radius 2 is 2.11 bits per heavy atom. The molecule has 0 aromatic carbocycles. The second-order valence-corrected chi connectivity index (χ2v) is 7.45. The molecule has 1 aliphatic carbocycles. The van der Waals surface area contributed by atoms with Crippen LogP contribution in [0, 0.1) is 5.41 Å². The number of aromatic nitrogens is 5. The molecule has 1 saturated carbocycles. The maximum atomic E-state index is 13.2. The van der Waals surface area contributed by atoms with Crippen molar-refractivity contribution in [3.63, 3.8) is 0 Å². The SMILES string of the molecule is CC1(CNc2ncc3c(-c4ccc5ncc(C(F)F)n5c4)c[nH]c3n2)CC1. The van der Waals surface area contributed by atoms with Gasteiger partial charge in [-0.25, -0.2) is 18.7 Å². The molecule has 0 aliphatic heterocycles. The van der Waals surface area contributed by atoms with Gasteiger partial charge in [-0.1, -0.05) is 6.92 Å². The summed E-state index contributed by atoms with van der Waals surface area (Å²) in [5.74, 6) is 0.592. The number of halogens is 2. The van der Waals surface area contributed by atoms with Crippen LogP contribution < -0.4 is 5.32 Å². The molecule has 1 aliphatic rings. The van der Waals surface area contributed by atoms with E-state index in [9.17, 15) is 8.78 Å². The molecule has 0 bridgehead atoms. The Kier molecular flexibility index (Phi) is 3.43. The minimum Gasteiger partial charge on any atom is -0.354 e. The molecule has 0 amide bonds. The van der Waals surface area contributed by atoms with E-state index in [-0.39, 0.29) is 5.69 Å². The first-order valence-corrected chi connectivity index (χ1v) is 8.86. The molecule has 4 heterocycles. The number of fused-ring (bicyclic) bond motifs is 2. The van der Waals surface area contributed by atoms with E-state index >= 15 is 0 Å². The van der Waals surface area contributed by atoms with Crippen molar-refractivity contribution in [1.82, 2.24) is 24.3 Å². The van der Waals surface area contributed by atoms with Gasteiger partial charge in [0, 0.05) is 41.6 Å². The quantitative estimate of drug-likeness (QED) is 0.547. The van der Waals surface area contributed by atoms with E-state index in [2.05, 4.69) is 32.2 Å². The monoisotopic (exact) mass is 368 g/mol. The van der Waals surface area contributed by atoms with Crippen molar-refractivity contribution in [3.05, 3.63) is 42.6 Å². The summed E-state index contributed by atoms with van der Waals surface area (Å²) in [7, 11) is 0. The third-order valence-electron chi connectivity index (χ3n) is 5.28. The lowest BCUT2D eigenvalue weighted by Gasteiger charge is -2.09. The van der Waals surface area contributed by atoms with Crippen LogP contribution in [0.4, 0.5) is 14.7 Å². The number of hydrogen-bond donors (Lipinski definition) is 2. The Morgan fingerprint density at radius 1 is 1.26 bits per heavy atom. The van der Waals surface area contributed by atoms with Gasteiger partial charge in [0.05, 0.1) is 6.20 Å². The third-order valence-corrected chi connectivity index (χ3v) is 5.28. The zero-order valence-corrected chi connectivity index (χ0v) is 14.7. The predicted octanol–water partition coefficient (Wildman–Crippen LogP) is 4.42. The molecule has 27 heavy (non-hydrogen) atoms. The fourth-order valence-corrected chi connectivity index (χ4v) is 3.23. The first-order valence-electron chi connectivity index (χ1n) is 8.86. The van der Waals surface area contributed by atoms with Crippen LogP contribution in [-0.2, 0) is 0 Å². The Balaban J connectivity index is 1.51. The normalized spacial score (nSPS) is 15.7. The number of nitrogens with zero attached hydrogens (tertiary/aromatic N) is 4. The molecule has 0 atom stereocenters. The highest BCUT2D eigenvalue weighted by atomic mass is 19.3. The standard InChI is InChI=1S/C19H18F2N6/c1-19(4-5-19)10-25-18-24-7-13-12(6-23-17(13)26-18)11-2-3-15-22-8-14(16(20)21)27(15)9-11/h2-3,6-9,16H,4-5,10H2,1H3,(H2,23,24,25,26). The minimum absolute atomic E-state index is 0.122. The Morgan fingerprint density at radius 3 is 2.89 bits per heavy atom. The van der Waals surface area contributed by atoms with Gasteiger partial charge < -0.3 is 10.3 Å².